The molecule has 0 fully saturated rings. The number of carbonyl (C=O) groups excluding carboxylic acids is 5. The van der Waals surface area contributed by atoms with E-state index >= 15 is 0 Å². The lowest BCUT2D eigenvalue weighted by atomic mass is 10.0. The molecular formula is C39H50N8O6. The van der Waals surface area contributed by atoms with Crippen LogP contribution in [-0.2, 0) is 38.7 Å². The van der Waals surface area contributed by atoms with E-state index in [2.05, 4.69) is 31.7 Å². The number of aromatic nitrogens is 1. The molecule has 1 aromatic heterocycles. The van der Waals surface area contributed by atoms with Crippen molar-refractivity contribution < 1.29 is 28.7 Å². The third-order valence-corrected chi connectivity index (χ3v) is 8.24. The van der Waals surface area contributed by atoms with Gasteiger partial charge in [0.1, 0.15) is 12.1 Å². The van der Waals surface area contributed by atoms with Crippen molar-refractivity contribution in [2.75, 3.05) is 13.2 Å². The molecule has 8 N–H and O–H groups in total. The molecule has 0 aliphatic heterocycles. The SMILES string of the molecule is Cc1ccccc1CN(NC(=O)C(Cc1c[nH]c2ccccc12)NC(=O)C(CCC(N)=O)NC(=O)NC(C)(C)C)C(=O)NCCOCc1ccccc1. The van der Waals surface area contributed by atoms with Gasteiger partial charge in [-0.2, -0.15) is 0 Å². The number of urea groups is 2. The number of hydrazine groups is 1. The largest absolute Gasteiger partial charge is 0.375 e. The Labute approximate surface area is 309 Å². The van der Waals surface area contributed by atoms with E-state index in [1.807, 2.05) is 85.8 Å². The second kappa shape index (κ2) is 19.1. The van der Waals surface area contributed by atoms with Crippen LogP contribution in [0.2, 0.25) is 0 Å². The zero-order valence-corrected chi connectivity index (χ0v) is 30.7. The van der Waals surface area contributed by atoms with Crippen LogP contribution in [0.1, 0.15) is 55.9 Å². The molecule has 0 aliphatic rings. The van der Waals surface area contributed by atoms with Gasteiger partial charge in [-0.1, -0.05) is 72.8 Å². The summed E-state index contributed by atoms with van der Waals surface area (Å²) in [6.45, 7) is 8.05. The number of amides is 7. The van der Waals surface area contributed by atoms with Crippen LogP contribution in [0.15, 0.2) is 85.1 Å². The van der Waals surface area contributed by atoms with Gasteiger partial charge >= 0.3 is 12.1 Å². The van der Waals surface area contributed by atoms with Gasteiger partial charge in [0, 0.05) is 42.0 Å². The van der Waals surface area contributed by atoms with Crippen LogP contribution in [0.3, 0.4) is 0 Å². The molecule has 0 aliphatic carbocycles. The number of rotatable bonds is 16. The molecule has 0 saturated heterocycles. The van der Waals surface area contributed by atoms with Crippen molar-refractivity contribution in [2.45, 2.75) is 77.7 Å². The number of carbonyl (C=O) groups is 5. The molecule has 7 amide bonds. The maximum Gasteiger partial charge on any atom is 0.336 e. The fourth-order valence-electron chi connectivity index (χ4n) is 5.51. The molecule has 14 heteroatoms. The molecule has 3 aromatic carbocycles. The number of fused-ring (bicyclic) bond motifs is 1. The number of benzene rings is 3. The number of nitrogens with two attached hydrogens (primary N) is 1. The van der Waals surface area contributed by atoms with Gasteiger partial charge in [0.2, 0.25) is 11.8 Å². The summed E-state index contributed by atoms with van der Waals surface area (Å²) < 4.78 is 5.72. The summed E-state index contributed by atoms with van der Waals surface area (Å²) >= 11 is 0. The van der Waals surface area contributed by atoms with Gasteiger partial charge < -0.3 is 36.7 Å². The van der Waals surface area contributed by atoms with Crippen molar-refractivity contribution in [3.05, 3.63) is 107 Å². The molecule has 2 atom stereocenters. The summed E-state index contributed by atoms with van der Waals surface area (Å²) in [6.07, 6.45) is 1.50. The lowest BCUT2D eigenvalue weighted by Gasteiger charge is -2.28. The van der Waals surface area contributed by atoms with Crippen LogP contribution in [-0.4, -0.2) is 70.6 Å². The van der Waals surface area contributed by atoms with E-state index in [1.165, 1.54) is 0 Å². The lowest BCUT2D eigenvalue weighted by Crippen LogP contribution is -2.59. The maximum absolute atomic E-state index is 14.2. The van der Waals surface area contributed by atoms with Crippen molar-refractivity contribution in [1.82, 2.24) is 36.7 Å². The Bertz CT molecular complexity index is 1860. The fraction of sp³-hybridized carbons (Fsp3) is 0.359. The van der Waals surface area contributed by atoms with E-state index < -0.39 is 47.4 Å². The van der Waals surface area contributed by atoms with E-state index in [0.29, 0.717) is 6.61 Å². The summed E-state index contributed by atoms with van der Waals surface area (Å²) in [7, 11) is 0. The zero-order valence-electron chi connectivity index (χ0n) is 30.7. The van der Waals surface area contributed by atoms with Gasteiger partial charge in [-0.3, -0.25) is 19.8 Å². The van der Waals surface area contributed by atoms with E-state index in [0.717, 1.165) is 38.2 Å². The topological polar surface area (TPSA) is 200 Å². The van der Waals surface area contributed by atoms with Gasteiger partial charge in [0.25, 0.3) is 5.91 Å². The first kappa shape index (κ1) is 39.9. The Morgan fingerprint density at radius 2 is 1.55 bits per heavy atom. The Morgan fingerprint density at radius 3 is 2.26 bits per heavy atom. The van der Waals surface area contributed by atoms with Crippen molar-refractivity contribution >= 4 is 40.7 Å². The number of para-hydroxylation sites is 1. The quantitative estimate of drug-likeness (QED) is 0.0678. The predicted molar refractivity (Wildman–Crippen MR) is 202 cm³/mol. The van der Waals surface area contributed by atoms with Crippen LogP contribution in [0.4, 0.5) is 9.59 Å². The summed E-state index contributed by atoms with van der Waals surface area (Å²) in [5.74, 6) is -2.04. The molecule has 53 heavy (non-hydrogen) atoms. The average Bonchev–Trinajstić information content (AvgIpc) is 3.52. The van der Waals surface area contributed by atoms with Gasteiger partial charge in [-0.05, 0) is 62.4 Å². The highest BCUT2D eigenvalue weighted by molar-refractivity contribution is 5.93. The summed E-state index contributed by atoms with van der Waals surface area (Å²) in [5, 5.41) is 12.9. The minimum absolute atomic E-state index is 0.0264. The third kappa shape index (κ3) is 13.0. The molecule has 1 heterocycles. The van der Waals surface area contributed by atoms with Crippen LogP contribution >= 0.6 is 0 Å². The average molecular weight is 727 g/mol. The number of ether oxygens (including phenoxy) is 1. The highest BCUT2D eigenvalue weighted by Gasteiger charge is 2.30. The molecule has 0 bridgehead atoms. The Balaban J connectivity index is 1.55. The second-order valence-electron chi connectivity index (χ2n) is 13.8. The molecule has 0 saturated carbocycles. The molecule has 14 nitrogen and oxygen atoms in total. The van der Waals surface area contributed by atoms with Crippen LogP contribution in [0, 0.1) is 6.92 Å². The first-order valence-corrected chi connectivity index (χ1v) is 17.5. The molecule has 4 rings (SSSR count). The van der Waals surface area contributed by atoms with E-state index in [4.69, 9.17) is 10.5 Å². The highest BCUT2D eigenvalue weighted by atomic mass is 16.5. The summed E-state index contributed by atoms with van der Waals surface area (Å²) in [4.78, 5) is 69.3. The minimum atomic E-state index is -1.22. The smallest absolute Gasteiger partial charge is 0.336 e. The Morgan fingerprint density at radius 1 is 0.849 bits per heavy atom. The predicted octanol–water partition coefficient (Wildman–Crippen LogP) is 3.70. The molecular weight excluding hydrogens is 676 g/mol. The fourth-order valence-corrected chi connectivity index (χ4v) is 5.51. The van der Waals surface area contributed by atoms with Gasteiger partial charge in [-0.15, -0.1) is 0 Å². The number of nitrogens with zero attached hydrogens (tertiary/aromatic N) is 1. The van der Waals surface area contributed by atoms with Gasteiger partial charge in [0.05, 0.1) is 19.8 Å². The van der Waals surface area contributed by atoms with Crippen molar-refractivity contribution in [3.63, 3.8) is 0 Å². The van der Waals surface area contributed by atoms with Crippen molar-refractivity contribution in [1.29, 1.82) is 0 Å². The maximum atomic E-state index is 14.2. The van der Waals surface area contributed by atoms with Gasteiger partial charge in [-0.25, -0.2) is 14.6 Å². The molecule has 282 valence electrons. The first-order valence-electron chi connectivity index (χ1n) is 17.5. The lowest BCUT2D eigenvalue weighted by molar-refractivity contribution is -0.132. The number of hydrogen-bond donors (Lipinski definition) is 7. The molecule has 0 radical (unpaired) electrons. The minimum Gasteiger partial charge on any atom is -0.375 e. The van der Waals surface area contributed by atoms with Crippen LogP contribution < -0.4 is 32.4 Å². The Kier molecular flexibility index (Phi) is 14.4. The van der Waals surface area contributed by atoms with E-state index in [9.17, 15) is 24.0 Å². The number of H-pyrrole nitrogens is 1. The van der Waals surface area contributed by atoms with Crippen molar-refractivity contribution in [2.24, 2.45) is 5.73 Å². The normalized spacial score (nSPS) is 12.3. The molecule has 4 aromatic rings. The number of hydrogen-bond acceptors (Lipinski definition) is 6. The number of aryl methyl sites for hydroxylation is 1. The third-order valence-electron chi connectivity index (χ3n) is 8.24. The van der Waals surface area contributed by atoms with Crippen LogP contribution in [0.5, 0.6) is 0 Å². The van der Waals surface area contributed by atoms with Crippen molar-refractivity contribution in [3.8, 4) is 0 Å². The zero-order chi connectivity index (χ0) is 38.4. The molecule has 0 spiro atoms. The second-order valence-corrected chi connectivity index (χ2v) is 13.8. The van der Waals surface area contributed by atoms with Gasteiger partial charge in [0.15, 0.2) is 0 Å². The molecule has 2 unspecified atom stereocenters. The van der Waals surface area contributed by atoms with E-state index in [-0.39, 0.29) is 39.0 Å². The number of primary amides is 1. The number of aromatic amines is 1. The van der Waals surface area contributed by atoms with E-state index in [1.54, 1.807) is 27.0 Å². The monoisotopic (exact) mass is 726 g/mol. The van der Waals surface area contributed by atoms with Crippen LogP contribution in [0.25, 0.3) is 10.9 Å². The summed E-state index contributed by atoms with van der Waals surface area (Å²) in [6, 6.07) is 21.0. The number of nitrogens with one attached hydrogen (secondary N) is 6. The Hall–Kier alpha value is -5.89. The first-order chi connectivity index (χ1) is 25.3. The standard InChI is InChI=1S/C39H50N8O6/c1-26-12-8-9-15-28(26)24-47(38(52)41-20-21-53-25-27-13-6-5-7-14-27)46-36(50)33(22-29-23-42-31-17-11-10-16-30(29)31)43-35(49)32(18-19-34(40)48)44-37(51)45-39(2,3)4/h5-17,23,32-33,42H,18-22,24-25H2,1-4H3,(H2,40,48)(H,41,52)(H,43,49)(H,46,50)(H2,44,45,51). The summed E-state index contributed by atoms with van der Waals surface area (Å²) in [5.41, 5.74) is 11.8. The highest BCUT2D eigenvalue weighted by Crippen LogP contribution is 2.20.